The summed E-state index contributed by atoms with van der Waals surface area (Å²) in [5.74, 6) is 1.32. The van der Waals surface area contributed by atoms with E-state index in [0.717, 1.165) is 30.9 Å². The summed E-state index contributed by atoms with van der Waals surface area (Å²) in [4.78, 5) is 16.5. The number of benzene rings is 1. The average Bonchev–Trinajstić information content (AvgIpc) is 2.88. The normalized spacial score (nSPS) is 16.7. The van der Waals surface area contributed by atoms with Crippen LogP contribution < -0.4 is 10.1 Å². The number of hydrogen-bond acceptors (Lipinski definition) is 3. The molecule has 0 saturated carbocycles. The second-order valence-corrected chi connectivity index (χ2v) is 5.81. The number of aryl methyl sites for hydroxylation is 2. The SMILES string of the molecule is Cc1cn2c(n1)CC[C@@H](NC(=O)CCOc1ccc(F)cc1)C2. The van der Waals surface area contributed by atoms with Crippen molar-refractivity contribution >= 4 is 5.91 Å². The highest BCUT2D eigenvalue weighted by molar-refractivity contribution is 5.76. The highest BCUT2D eigenvalue weighted by Crippen LogP contribution is 2.15. The van der Waals surface area contributed by atoms with Gasteiger partial charge in [0, 0.05) is 25.2 Å². The lowest BCUT2D eigenvalue weighted by Gasteiger charge is -2.24. The van der Waals surface area contributed by atoms with Crippen LogP contribution in [0.3, 0.4) is 0 Å². The van der Waals surface area contributed by atoms with Crippen molar-refractivity contribution in [3.8, 4) is 5.75 Å². The van der Waals surface area contributed by atoms with E-state index in [1.54, 1.807) is 12.1 Å². The number of nitrogens with one attached hydrogen (secondary N) is 1. The Morgan fingerprint density at radius 2 is 2.22 bits per heavy atom. The quantitative estimate of drug-likeness (QED) is 0.920. The molecule has 6 heteroatoms. The van der Waals surface area contributed by atoms with Crippen molar-refractivity contribution in [1.29, 1.82) is 0 Å². The fourth-order valence-electron chi connectivity index (χ4n) is 2.80. The van der Waals surface area contributed by atoms with Crippen LogP contribution in [0.2, 0.25) is 0 Å². The Morgan fingerprint density at radius 1 is 1.43 bits per heavy atom. The first-order chi connectivity index (χ1) is 11.1. The van der Waals surface area contributed by atoms with E-state index in [2.05, 4.69) is 14.9 Å². The molecular formula is C17H20FN3O2. The average molecular weight is 317 g/mol. The van der Waals surface area contributed by atoms with Crippen LogP contribution in [-0.2, 0) is 17.8 Å². The zero-order valence-electron chi connectivity index (χ0n) is 13.1. The highest BCUT2D eigenvalue weighted by Gasteiger charge is 2.20. The summed E-state index contributed by atoms with van der Waals surface area (Å²) in [7, 11) is 0. The van der Waals surface area contributed by atoms with Gasteiger partial charge in [0.05, 0.1) is 18.7 Å². The van der Waals surface area contributed by atoms with Crippen LogP contribution in [-0.4, -0.2) is 28.1 Å². The van der Waals surface area contributed by atoms with Crippen LogP contribution in [0.4, 0.5) is 4.39 Å². The topological polar surface area (TPSA) is 56.2 Å². The first-order valence-electron chi connectivity index (χ1n) is 7.80. The minimum Gasteiger partial charge on any atom is -0.493 e. The molecule has 23 heavy (non-hydrogen) atoms. The van der Waals surface area contributed by atoms with Gasteiger partial charge in [-0.3, -0.25) is 4.79 Å². The van der Waals surface area contributed by atoms with E-state index in [1.807, 2.05) is 13.1 Å². The Bertz CT molecular complexity index is 682. The summed E-state index contributed by atoms with van der Waals surface area (Å²) in [6, 6.07) is 5.91. The van der Waals surface area contributed by atoms with Crippen LogP contribution in [0.15, 0.2) is 30.5 Å². The van der Waals surface area contributed by atoms with Crippen molar-refractivity contribution in [3.05, 3.63) is 47.8 Å². The van der Waals surface area contributed by atoms with Gasteiger partial charge in [-0.1, -0.05) is 0 Å². The molecule has 122 valence electrons. The summed E-state index contributed by atoms with van der Waals surface area (Å²) in [5, 5.41) is 3.04. The van der Waals surface area contributed by atoms with Crippen molar-refractivity contribution < 1.29 is 13.9 Å². The lowest BCUT2D eigenvalue weighted by molar-refractivity contribution is -0.122. The number of aromatic nitrogens is 2. The monoisotopic (exact) mass is 317 g/mol. The molecule has 1 N–H and O–H groups in total. The number of carbonyl (C=O) groups excluding carboxylic acids is 1. The third kappa shape index (κ3) is 4.09. The van der Waals surface area contributed by atoms with Gasteiger partial charge in [-0.15, -0.1) is 0 Å². The number of rotatable bonds is 5. The van der Waals surface area contributed by atoms with E-state index in [1.165, 1.54) is 12.1 Å². The molecule has 1 aromatic carbocycles. The van der Waals surface area contributed by atoms with Crippen LogP contribution in [0.5, 0.6) is 5.75 Å². The number of nitrogens with zero attached hydrogens (tertiary/aromatic N) is 2. The number of hydrogen-bond donors (Lipinski definition) is 1. The van der Waals surface area contributed by atoms with Crippen molar-refractivity contribution in [1.82, 2.24) is 14.9 Å². The third-order valence-corrected chi connectivity index (χ3v) is 3.89. The van der Waals surface area contributed by atoms with Crippen LogP contribution in [0.25, 0.3) is 0 Å². The van der Waals surface area contributed by atoms with Gasteiger partial charge >= 0.3 is 0 Å². The van der Waals surface area contributed by atoms with Crippen molar-refractivity contribution in [2.24, 2.45) is 0 Å². The van der Waals surface area contributed by atoms with Crippen LogP contribution >= 0.6 is 0 Å². The standard InChI is InChI=1S/C17H20FN3O2/c1-12-10-21-11-14(4-7-16(21)19-12)20-17(22)8-9-23-15-5-2-13(18)3-6-15/h2-3,5-6,10,14H,4,7-9,11H2,1H3,(H,20,22)/t14-/m1/s1. The minimum atomic E-state index is -0.304. The molecule has 2 aromatic rings. The molecule has 1 amide bonds. The summed E-state index contributed by atoms with van der Waals surface area (Å²) < 4.78 is 20.3. The van der Waals surface area contributed by atoms with Gasteiger partial charge in [-0.25, -0.2) is 9.37 Å². The van der Waals surface area contributed by atoms with E-state index in [-0.39, 0.29) is 30.8 Å². The maximum absolute atomic E-state index is 12.8. The number of carbonyl (C=O) groups is 1. The van der Waals surface area contributed by atoms with E-state index >= 15 is 0 Å². The van der Waals surface area contributed by atoms with Gasteiger partial charge in [0.1, 0.15) is 17.4 Å². The molecule has 1 aromatic heterocycles. The highest BCUT2D eigenvalue weighted by atomic mass is 19.1. The summed E-state index contributed by atoms with van der Waals surface area (Å²) in [5.41, 5.74) is 1.01. The fourth-order valence-corrected chi connectivity index (χ4v) is 2.80. The van der Waals surface area contributed by atoms with Crippen molar-refractivity contribution in [3.63, 3.8) is 0 Å². The molecular weight excluding hydrogens is 297 g/mol. The van der Waals surface area contributed by atoms with E-state index in [0.29, 0.717) is 5.75 Å². The van der Waals surface area contributed by atoms with Gasteiger partial charge in [0.15, 0.2) is 0 Å². The van der Waals surface area contributed by atoms with Gasteiger partial charge in [-0.05, 0) is 37.6 Å². The van der Waals surface area contributed by atoms with Crippen molar-refractivity contribution in [2.75, 3.05) is 6.61 Å². The maximum atomic E-state index is 12.8. The zero-order chi connectivity index (χ0) is 16.2. The lowest BCUT2D eigenvalue weighted by atomic mass is 10.1. The summed E-state index contributed by atoms with van der Waals surface area (Å²) in [6.45, 7) is 3.02. The minimum absolute atomic E-state index is 0.0302. The molecule has 0 aliphatic carbocycles. The Kier molecular flexibility index (Phi) is 4.60. The van der Waals surface area contributed by atoms with Crippen LogP contribution in [0, 0.1) is 12.7 Å². The predicted octanol–water partition coefficient (Wildman–Crippen LogP) is 2.23. The number of imidazole rings is 1. The van der Waals surface area contributed by atoms with Crippen molar-refractivity contribution in [2.45, 2.75) is 38.8 Å². The van der Waals surface area contributed by atoms with E-state index < -0.39 is 0 Å². The fraction of sp³-hybridized carbons (Fsp3) is 0.412. The smallest absolute Gasteiger partial charge is 0.223 e. The van der Waals surface area contributed by atoms with Gasteiger partial charge in [0.25, 0.3) is 0 Å². The Labute approximate surface area is 134 Å². The Balaban J connectivity index is 1.42. The molecule has 1 aliphatic rings. The lowest BCUT2D eigenvalue weighted by Crippen LogP contribution is -2.41. The summed E-state index contributed by atoms with van der Waals surface area (Å²) >= 11 is 0. The number of halogens is 1. The Morgan fingerprint density at radius 3 is 3.00 bits per heavy atom. The second kappa shape index (κ2) is 6.81. The second-order valence-electron chi connectivity index (χ2n) is 5.81. The Hall–Kier alpha value is -2.37. The molecule has 0 unspecified atom stereocenters. The summed E-state index contributed by atoms with van der Waals surface area (Å²) in [6.07, 6.45) is 4.08. The molecule has 3 rings (SSSR count). The number of ether oxygens (including phenoxy) is 1. The van der Waals surface area contributed by atoms with E-state index in [4.69, 9.17) is 4.74 Å². The molecule has 0 radical (unpaired) electrons. The molecule has 1 atom stereocenters. The largest absolute Gasteiger partial charge is 0.493 e. The molecule has 0 saturated heterocycles. The molecule has 0 bridgehead atoms. The number of fused-ring (bicyclic) bond motifs is 1. The first kappa shape index (κ1) is 15.5. The molecule has 5 nitrogen and oxygen atoms in total. The zero-order valence-corrected chi connectivity index (χ0v) is 13.1. The number of amides is 1. The van der Waals surface area contributed by atoms with E-state index in [9.17, 15) is 9.18 Å². The predicted molar refractivity (Wildman–Crippen MR) is 83.7 cm³/mol. The van der Waals surface area contributed by atoms with Gasteiger partial charge in [-0.2, -0.15) is 0 Å². The third-order valence-electron chi connectivity index (χ3n) is 3.89. The van der Waals surface area contributed by atoms with Gasteiger partial charge < -0.3 is 14.6 Å². The molecule has 0 fully saturated rings. The molecule has 1 aliphatic heterocycles. The molecule has 2 heterocycles. The maximum Gasteiger partial charge on any atom is 0.223 e. The van der Waals surface area contributed by atoms with Gasteiger partial charge in [0.2, 0.25) is 5.91 Å². The van der Waals surface area contributed by atoms with Crippen LogP contribution in [0.1, 0.15) is 24.4 Å². The molecule has 0 spiro atoms. The first-order valence-corrected chi connectivity index (χ1v) is 7.80.